The summed E-state index contributed by atoms with van der Waals surface area (Å²) in [4.78, 5) is 14.9. The van der Waals surface area contributed by atoms with Gasteiger partial charge in [0, 0.05) is 31.5 Å². The predicted molar refractivity (Wildman–Crippen MR) is 102 cm³/mol. The first kappa shape index (κ1) is 17.5. The van der Waals surface area contributed by atoms with Gasteiger partial charge in [0.1, 0.15) is 0 Å². The third kappa shape index (κ3) is 3.93. The van der Waals surface area contributed by atoms with Gasteiger partial charge in [0.15, 0.2) is 11.5 Å². The van der Waals surface area contributed by atoms with Crippen LogP contribution in [0.3, 0.4) is 0 Å². The smallest absolute Gasteiger partial charge is 0.277 e. The van der Waals surface area contributed by atoms with E-state index in [1.807, 2.05) is 32.3 Å². The van der Waals surface area contributed by atoms with Crippen LogP contribution in [0.5, 0.6) is 0 Å². The first-order chi connectivity index (χ1) is 13.1. The maximum Gasteiger partial charge on any atom is 0.277 e. The highest BCUT2D eigenvalue weighted by atomic mass is 16.5. The molecule has 3 heterocycles. The van der Waals surface area contributed by atoms with Crippen molar-refractivity contribution >= 4 is 11.6 Å². The van der Waals surface area contributed by atoms with E-state index in [9.17, 15) is 4.79 Å². The van der Waals surface area contributed by atoms with Crippen molar-refractivity contribution in [1.29, 1.82) is 0 Å². The second-order valence-corrected chi connectivity index (χ2v) is 7.01. The number of nitrogens with one attached hydrogen (secondary N) is 1. The zero-order valence-corrected chi connectivity index (χ0v) is 15.6. The topological polar surface area (TPSA) is 76.2 Å². The average Bonchev–Trinajstić information content (AvgIpc) is 3.38. The molecule has 1 aromatic carbocycles. The number of likely N-dealkylation sites (tertiary alicyclic amines) is 1. The molecule has 1 aliphatic heterocycles. The van der Waals surface area contributed by atoms with E-state index < -0.39 is 0 Å². The molecule has 1 saturated heterocycles. The minimum absolute atomic E-state index is 0.245. The van der Waals surface area contributed by atoms with E-state index in [4.69, 9.17) is 4.52 Å². The van der Waals surface area contributed by atoms with Gasteiger partial charge < -0.3 is 9.84 Å². The highest BCUT2D eigenvalue weighted by molar-refractivity contribution is 6.03. The van der Waals surface area contributed by atoms with Crippen LogP contribution in [0.4, 0.5) is 5.69 Å². The molecule has 7 heteroatoms. The number of carbonyl (C=O) groups excluding carboxylic acids is 1. The van der Waals surface area contributed by atoms with Gasteiger partial charge in [-0.2, -0.15) is 5.10 Å². The molecule has 0 unspecified atom stereocenters. The molecule has 1 fully saturated rings. The fourth-order valence-electron chi connectivity index (χ4n) is 3.44. The van der Waals surface area contributed by atoms with Gasteiger partial charge in [-0.25, -0.2) is 0 Å². The van der Waals surface area contributed by atoms with E-state index in [-0.39, 0.29) is 11.6 Å². The largest absolute Gasteiger partial charge is 0.355 e. The third-order valence-electron chi connectivity index (χ3n) is 4.84. The van der Waals surface area contributed by atoms with Crippen LogP contribution in [0.25, 0.3) is 11.3 Å². The fraction of sp³-hybridized carbons (Fsp3) is 0.350. The van der Waals surface area contributed by atoms with Gasteiger partial charge in [-0.1, -0.05) is 17.3 Å². The number of aryl methyl sites for hydroxylation is 2. The molecule has 0 bridgehead atoms. The molecule has 1 aliphatic rings. The number of carbonyl (C=O) groups is 1. The molecule has 2 aromatic heterocycles. The highest BCUT2D eigenvalue weighted by Crippen LogP contribution is 2.23. The van der Waals surface area contributed by atoms with Crippen LogP contribution in [0.15, 0.2) is 41.1 Å². The molecule has 140 valence electrons. The quantitative estimate of drug-likeness (QED) is 0.751. The maximum absolute atomic E-state index is 12.4. The lowest BCUT2D eigenvalue weighted by Crippen LogP contribution is -2.18. The van der Waals surface area contributed by atoms with Crippen molar-refractivity contribution in [3.63, 3.8) is 0 Å². The molecule has 0 saturated carbocycles. The Labute approximate surface area is 158 Å². The van der Waals surface area contributed by atoms with Crippen LogP contribution in [-0.4, -0.2) is 38.8 Å². The monoisotopic (exact) mass is 365 g/mol. The molecule has 0 spiro atoms. The molecule has 0 aliphatic carbocycles. The molecular weight excluding hydrogens is 342 g/mol. The lowest BCUT2D eigenvalue weighted by molar-refractivity contribution is 0.101. The summed E-state index contributed by atoms with van der Waals surface area (Å²) in [6.45, 7) is 5.19. The van der Waals surface area contributed by atoms with E-state index in [0.29, 0.717) is 5.76 Å². The van der Waals surface area contributed by atoms with Gasteiger partial charge in [0.25, 0.3) is 5.91 Å². The lowest BCUT2D eigenvalue weighted by Gasteiger charge is -2.14. The second-order valence-electron chi connectivity index (χ2n) is 7.01. The van der Waals surface area contributed by atoms with Crippen molar-refractivity contribution in [2.24, 2.45) is 7.05 Å². The van der Waals surface area contributed by atoms with E-state index >= 15 is 0 Å². The molecule has 3 aromatic rings. The Morgan fingerprint density at radius 1 is 1.22 bits per heavy atom. The first-order valence-corrected chi connectivity index (χ1v) is 9.18. The molecule has 0 atom stereocenters. The molecule has 0 radical (unpaired) electrons. The number of hydrogen-bond acceptors (Lipinski definition) is 5. The Hall–Kier alpha value is -2.93. The Morgan fingerprint density at radius 2 is 1.96 bits per heavy atom. The molecule has 1 N–H and O–H groups in total. The van der Waals surface area contributed by atoms with Crippen molar-refractivity contribution in [3.8, 4) is 11.3 Å². The summed E-state index contributed by atoms with van der Waals surface area (Å²) in [5, 5.41) is 11.0. The maximum atomic E-state index is 12.4. The fourth-order valence-corrected chi connectivity index (χ4v) is 3.44. The second kappa shape index (κ2) is 7.36. The summed E-state index contributed by atoms with van der Waals surface area (Å²) in [6, 6.07) is 9.61. The summed E-state index contributed by atoms with van der Waals surface area (Å²) >= 11 is 0. The van der Waals surface area contributed by atoms with Crippen LogP contribution in [-0.2, 0) is 13.6 Å². The number of rotatable bonds is 5. The minimum atomic E-state index is -0.293. The van der Waals surface area contributed by atoms with Crippen molar-refractivity contribution in [2.45, 2.75) is 26.3 Å². The summed E-state index contributed by atoms with van der Waals surface area (Å²) < 4.78 is 7.03. The molecule has 1 amide bonds. The lowest BCUT2D eigenvalue weighted by atomic mass is 10.2. The van der Waals surface area contributed by atoms with Crippen LogP contribution in [0.2, 0.25) is 0 Å². The summed E-state index contributed by atoms with van der Waals surface area (Å²) in [5.74, 6) is 0.241. The standard InChI is InChI=1S/C20H23N5O2/c1-14-17(13-24(2)22-14)19-11-18(23-27-19)20(26)21-16-7-5-15(6-8-16)12-25-9-3-4-10-25/h5-8,11,13H,3-4,9-10,12H2,1-2H3,(H,21,26). The number of benzene rings is 1. The molecule has 7 nitrogen and oxygen atoms in total. The van der Waals surface area contributed by atoms with Gasteiger partial charge >= 0.3 is 0 Å². The number of nitrogens with zero attached hydrogens (tertiary/aromatic N) is 4. The van der Waals surface area contributed by atoms with Crippen molar-refractivity contribution in [1.82, 2.24) is 19.8 Å². The Balaban J connectivity index is 1.41. The SMILES string of the molecule is Cc1nn(C)cc1-c1cc(C(=O)Nc2ccc(CN3CCCC3)cc2)no1. The Kier molecular flexibility index (Phi) is 4.77. The van der Waals surface area contributed by atoms with Gasteiger partial charge in [-0.05, 0) is 50.6 Å². The van der Waals surface area contributed by atoms with E-state index in [1.165, 1.54) is 31.5 Å². The number of amides is 1. The average molecular weight is 365 g/mol. The molecule has 4 rings (SSSR count). The van der Waals surface area contributed by atoms with E-state index in [0.717, 1.165) is 23.5 Å². The van der Waals surface area contributed by atoms with Crippen LogP contribution in [0.1, 0.15) is 34.6 Å². The first-order valence-electron chi connectivity index (χ1n) is 9.18. The summed E-state index contributed by atoms with van der Waals surface area (Å²) in [6.07, 6.45) is 4.41. The predicted octanol–water partition coefficient (Wildman–Crippen LogP) is 3.23. The minimum Gasteiger partial charge on any atom is -0.355 e. The number of aromatic nitrogens is 3. The normalized spacial score (nSPS) is 14.6. The zero-order valence-electron chi connectivity index (χ0n) is 15.6. The third-order valence-corrected chi connectivity index (χ3v) is 4.84. The molecule has 27 heavy (non-hydrogen) atoms. The molecular formula is C20H23N5O2. The number of hydrogen-bond donors (Lipinski definition) is 1. The van der Waals surface area contributed by atoms with E-state index in [1.54, 1.807) is 10.7 Å². The zero-order chi connectivity index (χ0) is 18.8. The number of anilines is 1. The Bertz CT molecular complexity index is 936. The van der Waals surface area contributed by atoms with Crippen molar-refractivity contribution in [2.75, 3.05) is 18.4 Å². The van der Waals surface area contributed by atoms with Gasteiger partial charge in [0.2, 0.25) is 0 Å². The van der Waals surface area contributed by atoms with Gasteiger partial charge in [-0.15, -0.1) is 0 Å². The van der Waals surface area contributed by atoms with Crippen molar-refractivity contribution in [3.05, 3.63) is 53.5 Å². The van der Waals surface area contributed by atoms with E-state index in [2.05, 4.69) is 32.6 Å². The van der Waals surface area contributed by atoms with Gasteiger partial charge in [0.05, 0.1) is 11.3 Å². The van der Waals surface area contributed by atoms with Gasteiger partial charge in [-0.3, -0.25) is 14.4 Å². The highest BCUT2D eigenvalue weighted by Gasteiger charge is 2.17. The summed E-state index contributed by atoms with van der Waals surface area (Å²) in [5.41, 5.74) is 3.90. The van der Waals surface area contributed by atoms with Crippen LogP contribution < -0.4 is 5.32 Å². The Morgan fingerprint density at radius 3 is 2.63 bits per heavy atom. The van der Waals surface area contributed by atoms with Crippen LogP contribution in [0, 0.1) is 6.92 Å². The summed E-state index contributed by atoms with van der Waals surface area (Å²) in [7, 11) is 1.84. The van der Waals surface area contributed by atoms with Crippen LogP contribution >= 0.6 is 0 Å². The van der Waals surface area contributed by atoms with Crippen molar-refractivity contribution < 1.29 is 9.32 Å².